The van der Waals surface area contributed by atoms with Crippen LogP contribution in [0.3, 0.4) is 0 Å². The summed E-state index contributed by atoms with van der Waals surface area (Å²) in [5.41, 5.74) is 4.84. The van der Waals surface area contributed by atoms with Gasteiger partial charge in [0.05, 0.1) is 0 Å². The Morgan fingerprint density at radius 3 is 2.43 bits per heavy atom. The zero-order valence-electron chi connectivity index (χ0n) is 9.16. The summed E-state index contributed by atoms with van der Waals surface area (Å²) in [4.78, 5) is 12.9. The van der Waals surface area contributed by atoms with Gasteiger partial charge in [-0.25, -0.2) is 0 Å². The fourth-order valence-electron chi connectivity index (χ4n) is 1.66. The Labute approximate surface area is 85.4 Å². The SMILES string of the molecule is C=CCC(C(=O)O)(C(N)CC)N(C)C. The van der Waals surface area contributed by atoms with Crippen LogP contribution in [0.15, 0.2) is 12.7 Å². The van der Waals surface area contributed by atoms with E-state index < -0.39 is 17.6 Å². The lowest BCUT2D eigenvalue weighted by atomic mass is 9.84. The molecule has 0 radical (unpaired) electrons. The Hall–Kier alpha value is -0.870. The second kappa shape index (κ2) is 5.12. The number of hydrogen-bond donors (Lipinski definition) is 2. The molecule has 0 aliphatic heterocycles. The van der Waals surface area contributed by atoms with Crippen LogP contribution in [0.5, 0.6) is 0 Å². The minimum absolute atomic E-state index is 0.352. The van der Waals surface area contributed by atoms with E-state index in [4.69, 9.17) is 5.73 Å². The number of hydrogen-bond acceptors (Lipinski definition) is 3. The van der Waals surface area contributed by atoms with Gasteiger partial charge in [-0.3, -0.25) is 9.69 Å². The Morgan fingerprint density at radius 1 is 1.71 bits per heavy atom. The molecular formula is C10H20N2O2. The number of carboxylic acid groups (broad SMARTS) is 1. The maximum atomic E-state index is 11.3. The molecule has 0 rings (SSSR count). The molecule has 82 valence electrons. The molecule has 0 aliphatic carbocycles. The molecule has 4 heteroatoms. The zero-order chi connectivity index (χ0) is 11.4. The molecule has 0 amide bonds. The Balaban J connectivity index is 5.13. The minimum Gasteiger partial charge on any atom is -0.480 e. The lowest BCUT2D eigenvalue weighted by molar-refractivity contribution is -0.151. The van der Waals surface area contributed by atoms with Gasteiger partial charge in [-0.05, 0) is 26.9 Å². The van der Waals surface area contributed by atoms with Crippen LogP contribution in [0, 0.1) is 0 Å². The first kappa shape index (κ1) is 13.1. The Bertz CT molecular complexity index is 216. The van der Waals surface area contributed by atoms with Crippen LogP contribution in [0.4, 0.5) is 0 Å². The molecule has 0 spiro atoms. The van der Waals surface area contributed by atoms with Crippen LogP contribution in [0.1, 0.15) is 19.8 Å². The van der Waals surface area contributed by atoms with Gasteiger partial charge in [0.1, 0.15) is 5.54 Å². The number of nitrogens with zero attached hydrogens (tertiary/aromatic N) is 1. The van der Waals surface area contributed by atoms with Gasteiger partial charge in [-0.1, -0.05) is 13.0 Å². The molecule has 0 aromatic heterocycles. The molecule has 3 N–H and O–H groups in total. The van der Waals surface area contributed by atoms with E-state index >= 15 is 0 Å². The largest absolute Gasteiger partial charge is 0.480 e. The van der Waals surface area contributed by atoms with Crippen molar-refractivity contribution < 1.29 is 9.90 Å². The van der Waals surface area contributed by atoms with Crippen molar-refractivity contribution in [2.75, 3.05) is 14.1 Å². The van der Waals surface area contributed by atoms with Crippen molar-refractivity contribution in [1.29, 1.82) is 0 Å². The van der Waals surface area contributed by atoms with Crippen LogP contribution >= 0.6 is 0 Å². The van der Waals surface area contributed by atoms with Crippen molar-refractivity contribution >= 4 is 5.97 Å². The predicted molar refractivity (Wildman–Crippen MR) is 57.1 cm³/mol. The van der Waals surface area contributed by atoms with Gasteiger partial charge in [0.25, 0.3) is 0 Å². The van der Waals surface area contributed by atoms with Gasteiger partial charge in [-0.15, -0.1) is 6.58 Å². The van der Waals surface area contributed by atoms with Crippen molar-refractivity contribution in [2.45, 2.75) is 31.3 Å². The van der Waals surface area contributed by atoms with Gasteiger partial charge in [0.2, 0.25) is 0 Å². The average Bonchev–Trinajstić information content (AvgIpc) is 2.11. The summed E-state index contributed by atoms with van der Waals surface area (Å²) < 4.78 is 0. The number of carboxylic acids is 1. The quantitative estimate of drug-likeness (QED) is 0.619. The van der Waals surface area contributed by atoms with Gasteiger partial charge in [0.15, 0.2) is 0 Å². The monoisotopic (exact) mass is 200 g/mol. The number of rotatable bonds is 6. The van der Waals surface area contributed by atoms with Crippen LogP contribution in [-0.2, 0) is 4.79 Å². The molecule has 0 heterocycles. The molecule has 0 saturated carbocycles. The van der Waals surface area contributed by atoms with Crippen molar-refractivity contribution in [1.82, 2.24) is 4.90 Å². The second-order valence-corrected chi connectivity index (χ2v) is 3.63. The molecule has 0 aliphatic rings. The summed E-state index contributed by atoms with van der Waals surface area (Å²) in [5, 5.41) is 9.26. The van der Waals surface area contributed by atoms with E-state index in [1.807, 2.05) is 6.92 Å². The van der Waals surface area contributed by atoms with E-state index in [2.05, 4.69) is 6.58 Å². The standard InChI is InChI=1S/C10H20N2O2/c1-5-7-10(9(13)14,12(3)4)8(11)6-2/h5,8H,1,6-7,11H2,2-4H3,(H,13,14). The van der Waals surface area contributed by atoms with Crippen LogP contribution < -0.4 is 5.73 Å². The first-order valence-electron chi connectivity index (χ1n) is 4.70. The fourth-order valence-corrected chi connectivity index (χ4v) is 1.66. The van der Waals surface area contributed by atoms with Gasteiger partial charge >= 0.3 is 5.97 Å². The number of likely N-dealkylation sites (N-methyl/N-ethyl adjacent to an activating group) is 1. The minimum atomic E-state index is -1.03. The van der Waals surface area contributed by atoms with E-state index in [1.165, 1.54) is 0 Å². The van der Waals surface area contributed by atoms with E-state index in [-0.39, 0.29) is 0 Å². The van der Waals surface area contributed by atoms with Crippen LogP contribution in [0.25, 0.3) is 0 Å². The number of aliphatic carboxylic acids is 1. The Morgan fingerprint density at radius 2 is 2.21 bits per heavy atom. The second-order valence-electron chi connectivity index (χ2n) is 3.63. The summed E-state index contributed by atoms with van der Waals surface area (Å²) in [6, 6.07) is -0.395. The Kier molecular flexibility index (Phi) is 4.80. The lowest BCUT2D eigenvalue weighted by Gasteiger charge is -2.39. The van der Waals surface area contributed by atoms with Gasteiger partial charge in [0, 0.05) is 6.04 Å². The van der Waals surface area contributed by atoms with Gasteiger partial charge < -0.3 is 10.8 Å². The molecule has 0 fully saturated rings. The molecule has 0 aromatic rings. The van der Waals surface area contributed by atoms with E-state index in [1.54, 1.807) is 25.1 Å². The maximum Gasteiger partial charge on any atom is 0.326 e. The molecule has 0 saturated heterocycles. The lowest BCUT2D eigenvalue weighted by Crippen LogP contribution is -2.62. The van der Waals surface area contributed by atoms with Crippen molar-refractivity contribution in [3.8, 4) is 0 Å². The molecular weight excluding hydrogens is 180 g/mol. The van der Waals surface area contributed by atoms with E-state index in [0.29, 0.717) is 12.8 Å². The first-order valence-corrected chi connectivity index (χ1v) is 4.70. The van der Waals surface area contributed by atoms with E-state index in [0.717, 1.165) is 0 Å². The van der Waals surface area contributed by atoms with Gasteiger partial charge in [-0.2, -0.15) is 0 Å². The number of nitrogens with two attached hydrogens (primary N) is 1. The van der Waals surface area contributed by atoms with Crippen molar-refractivity contribution in [3.05, 3.63) is 12.7 Å². The highest BCUT2D eigenvalue weighted by atomic mass is 16.4. The summed E-state index contributed by atoms with van der Waals surface area (Å²) in [7, 11) is 3.46. The predicted octanol–water partition coefficient (Wildman–Crippen LogP) is 0.685. The zero-order valence-corrected chi connectivity index (χ0v) is 9.16. The highest BCUT2D eigenvalue weighted by Gasteiger charge is 2.44. The highest BCUT2D eigenvalue weighted by Crippen LogP contribution is 2.23. The molecule has 4 nitrogen and oxygen atoms in total. The third kappa shape index (κ3) is 2.13. The summed E-state index contributed by atoms with van der Waals surface area (Å²) in [6.07, 6.45) is 2.58. The van der Waals surface area contributed by atoms with Crippen LogP contribution in [-0.4, -0.2) is 41.7 Å². The molecule has 2 atom stereocenters. The third-order valence-corrected chi connectivity index (χ3v) is 2.68. The summed E-state index contributed by atoms with van der Waals surface area (Å²) >= 11 is 0. The maximum absolute atomic E-state index is 11.3. The van der Waals surface area contributed by atoms with Crippen molar-refractivity contribution in [3.63, 3.8) is 0 Å². The topological polar surface area (TPSA) is 66.6 Å². The van der Waals surface area contributed by atoms with Crippen molar-refractivity contribution in [2.24, 2.45) is 5.73 Å². The smallest absolute Gasteiger partial charge is 0.326 e. The van der Waals surface area contributed by atoms with Crippen LogP contribution in [0.2, 0.25) is 0 Å². The summed E-state index contributed by atoms with van der Waals surface area (Å²) in [6.45, 7) is 5.47. The summed E-state index contributed by atoms with van der Waals surface area (Å²) in [5.74, 6) is -0.892. The third-order valence-electron chi connectivity index (χ3n) is 2.68. The van der Waals surface area contributed by atoms with E-state index in [9.17, 15) is 9.90 Å². The highest BCUT2D eigenvalue weighted by molar-refractivity contribution is 5.80. The molecule has 2 unspecified atom stereocenters. The first-order chi connectivity index (χ1) is 6.43. The molecule has 0 bridgehead atoms. The average molecular weight is 200 g/mol. The molecule has 0 aromatic carbocycles. The molecule has 14 heavy (non-hydrogen) atoms. The normalized spacial score (nSPS) is 17.5. The number of carbonyl (C=O) groups is 1. The fraction of sp³-hybridized carbons (Fsp3) is 0.700.